The monoisotopic (exact) mass is 230 g/mol. The van der Waals surface area contributed by atoms with Gasteiger partial charge in [0.25, 0.3) is 0 Å². The maximum atomic E-state index is 13.5. The molecule has 2 N–H and O–H groups in total. The summed E-state index contributed by atoms with van der Waals surface area (Å²) < 4.78 is 13.5. The van der Waals surface area contributed by atoms with Gasteiger partial charge in [-0.1, -0.05) is 24.3 Å². The first-order valence-electron chi connectivity index (χ1n) is 5.15. The molecule has 0 saturated carbocycles. The molecule has 86 valence electrons. The summed E-state index contributed by atoms with van der Waals surface area (Å²) in [6, 6.07) is 10.4. The maximum Gasteiger partial charge on any atom is 0.221 e. The minimum atomic E-state index is -0.524. The van der Waals surface area contributed by atoms with Crippen molar-refractivity contribution < 1.29 is 9.18 Å². The predicted molar refractivity (Wildman–Crippen MR) is 62.5 cm³/mol. The minimum Gasteiger partial charge on any atom is -0.369 e. The lowest BCUT2D eigenvalue weighted by atomic mass is 10.0. The lowest BCUT2D eigenvalue weighted by molar-refractivity contribution is -0.117. The Bertz CT molecular complexity index is 555. The summed E-state index contributed by atoms with van der Waals surface area (Å²) in [5.41, 5.74) is 6.98. The molecule has 0 aliphatic heterocycles. The predicted octanol–water partition coefficient (Wildman–Crippen LogP) is 1.92. The highest BCUT2D eigenvalue weighted by Crippen LogP contribution is 2.22. The van der Waals surface area contributed by atoms with Crippen LogP contribution in [0.1, 0.15) is 5.56 Å². The van der Waals surface area contributed by atoms with Crippen LogP contribution in [-0.4, -0.2) is 10.9 Å². The van der Waals surface area contributed by atoms with Crippen LogP contribution in [0.25, 0.3) is 11.1 Å². The van der Waals surface area contributed by atoms with Gasteiger partial charge < -0.3 is 5.73 Å². The van der Waals surface area contributed by atoms with Crippen molar-refractivity contribution in [3.8, 4) is 11.1 Å². The lowest BCUT2D eigenvalue weighted by Crippen LogP contribution is -2.13. The summed E-state index contributed by atoms with van der Waals surface area (Å²) in [5.74, 6) is -0.933. The topological polar surface area (TPSA) is 56.0 Å². The van der Waals surface area contributed by atoms with Crippen molar-refractivity contribution in [2.75, 3.05) is 0 Å². The molecular formula is C13H11FN2O. The van der Waals surface area contributed by atoms with E-state index in [0.717, 1.165) is 5.56 Å². The number of hydrogen-bond acceptors (Lipinski definition) is 2. The highest BCUT2D eigenvalue weighted by atomic mass is 19.1. The Morgan fingerprint density at radius 2 is 2.12 bits per heavy atom. The van der Waals surface area contributed by atoms with Crippen LogP contribution in [0.5, 0.6) is 0 Å². The molecule has 0 bridgehead atoms. The second-order valence-corrected chi connectivity index (χ2v) is 3.69. The second-order valence-electron chi connectivity index (χ2n) is 3.69. The molecule has 1 aromatic carbocycles. The zero-order valence-corrected chi connectivity index (χ0v) is 9.06. The molecule has 0 radical (unpaired) electrons. The third-order valence-electron chi connectivity index (χ3n) is 2.38. The van der Waals surface area contributed by atoms with Crippen molar-refractivity contribution in [3.63, 3.8) is 0 Å². The fraction of sp³-hybridized carbons (Fsp3) is 0.0769. The largest absolute Gasteiger partial charge is 0.369 e. The molecule has 0 spiro atoms. The van der Waals surface area contributed by atoms with E-state index in [4.69, 9.17) is 5.73 Å². The van der Waals surface area contributed by atoms with E-state index in [-0.39, 0.29) is 6.42 Å². The Balaban J connectivity index is 2.40. The van der Waals surface area contributed by atoms with Crippen LogP contribution in [0.2, 0.25) is 0 Å². The van der Waals surface area contributed by atoms with Gasteiger partial charge in [-0.3, -0.25) is 4.79 Å². The molecular weight excluding hydrogens is 219 g/mol. The molecule has 0 fully saturated rings. The van der Waals surface area contributed by atoms with E-state index in [1.54, 1.807) is 36.4 Å². The fourth-order valence-electron chi connectivity index (χ4n) is 1.65. The van der Waals surface area contributed by atoms with Crippen molar-refractivity contribution in [1.29, 1.82) is 0 Å². The number of benzene rings is 1. The normalized spacial score (nSPS) is 10.2. The van der Waals surface area contributed by atoms with Gasteiger partial charge in [-0.05, 0) is 23.3 Å². The molecule has 2 aromatic rings. The average Bonchev–Trinajstić information content (AvgIpc) is 2.29. The van der Waals surface area contributed by atoms with E-state index in [1.165, 1.54) is 6.20 Å². The third kappa shape index (κ3) is 2.66. The van der Waals surface area contributed by atoms with Crippen molar-refractivity contribution >= 4 is 5.91 Å². The standard InChI is InChI=1S/C13H11FN2O/c14-13-11(5-2-6-16-13)10-4-1-3-9(7-10)8-12(15)17/h1-7H,8H2,(H2,15,17). The lowest BCUT2D eigenvalue weighted by Gasteiger charge is -2.04. The van der Waals surface area contributed by atoms with Crippen LogP contribution >= 0.6 is 0 Å². The Hall–Kier alpha value is -2.23. The zero-order valence-electron chi connectivity index (χ0n) is 9.06. The number of nitrogens with two attached hydrogens (primary N) is 1. The smallest absolute Gasteiger partial charge is 0.221 e. The molecule has 17 heavy (non-hydrogen) atoms. The van der Waals surface area contributed by atoms with E-state index in [2.05, 4.69) is 4.98 Å². The Labute approximate surface area is 98.1 Å². The average molecular weight is 230 g/mol. The molecule has 2 rings (SSSR count). The van der Waals surface area contributed by atoms with Gasteiger partial charge >= 0.3 is 0 Å². The minimum absolute atomic E-state index is 0.149. The Kier molecular flexibility index (Phi) is 3.14. The van der Waals surface area contributed by atoms with Crippen LogP contribution in [0.15, 0.2) is 42.6 Å². The molecule has 1 aromatic heterocycles. The van der Waals surface area contributed by atoms with Crippen LogP contribution in [0, 0.1) is 5.95 Å². The van der Waals surface area contributed by atoms with Gasteiger partial charge in [-0.2, -0.15) is 4.39 Å². The molecule has 0 aliphatic rings. The van der Waals surface area contributed by atoms with Crippen LogP contribution in [0.3, 0.4) is 0 Å². The molecule has 0 atom stereocenters. The van der Waals surface area contributed by atoms with Crippen LogP contribution in [-0.2, 0) is 11.2 Å². The summed E-state index contributed by atoms with van der Waals surface area (Å²) in [4.78, 5) is 14.4. The number of pyridine rings is 1. The van der Waals surface area contributed by atoms with Crippen LogP contribution < -0.4 is 5.73 Å². The van der Waals surface area contributed by atoms with Gasteiger partial charge in [0.1, 0.15) is 0 Å². The van der Waals surface area contributed by atoms with E-state index < -0.39 is 11.9 Å². The van der Waals surface area contributed by atoms with E-state index >= 15 is 0 Å². The zero-order chi connectivity index (χ0) is 12.3. The summed E-state index contributed by atoms with van der Waals surface area (Å²) in [5, 5.41) is 0. The van der Waals surface area contributed by atoms with Crippen molar-refractivity contribution in [3.05, 3.63) is 54.1 Å². The van der Waals surface area contributed by atoms with Gasteiger partial charge in [0.15, 0.2) is 0 Å². The molecule has 3 nitrogen and oxygen atoms in total. The third-order valence-corrected chi connectivity index (χ3v) is 2.38. The number of aromatic nitrogens is 1. The summed E-state index contributed by atoms with van der Waals surface area (Å²) in [7, 11) is 0. The molecule has 1 amide bonds. The number of halogens is 1. The van der Waals surface area contributed by atoms with E-state index in [9.17, 15) is 9.18 Å². The van der Waals surface area contributed by atoms with Crippen molar-refractivity contribution in [2.24, 2.45) is 5.73 Å². The Morgan fingerprint density at radius 1 is 1.29 bits per heavy atom. The molecule has 0 unspecified atom stereocenters. The highest BCUT2D eigenvalue weighted by Gasteiger charge is 2.06. The maximum absolute atomic E-state index is 13.5. The first-order valence-corrected chi connectivity index (χ1v) is 5.15. The molecule has 0 saturated heterocycles. The van der Waals surface area contributed by atoms with Crippen molar-refractivity contribution in [1.82, 2.24) is 4.98 Å². The van der Waals surface area contributed by atoms with Gasteiger partial charge in [0, 0.05) is 11.8 Å². The van der Waals surface area contributed by atoms with Gasteiger partial charge in [0.05, 0.1) is 6.42 Å². The number of carbonyl (C=O) groups excluding carboxylic acids is 1. The van der Waals surface area contributed by atoms with E-state index in [1.807, 2.05) is 0 Å². The fourth-order valence-corrected chi connectivity index (χ4v) is 1.65. The van der Waals surface area contributed by atoms with Crippen molar-refractivity contribution in [2.45, 2.75) is 6.42 Å². The Morgan fingerprint density at radius 3 is 2.82 bits per heavy atom. The number of carbonyl (C=O) groups is 1. The highest BCUT2D eigenvalue weighted by molar-refractivity contribution is 5.77. The first kappa shape index (κ1) is 11.3. The number of primary amides is 1. The summed E-state index contributed by atoms with van der Waals surface area (Å²) >= 11 is 0. The summed E-state index contributed by atoms with van der Waals surface area (Å²) in [6.45, 7) is 0. The second kappa shape index (κ2) is 4.74. The quantitative estimate of drug-likeness (QED) is 0.819. The van der Waals surface area contributed by atoms with E-state index in [0.29, 0.717) is 11.1 Å². The SMILES string of the molecule is NC(=O)Cc1cccc(-c2cccnc2F)c1. The van der Waals surface area contributed by atoms with Gasteiger partial charge in [-0.25, -0.2) is 4.98 Å². The molecule has 0 aliphatic carbocycles. The summed E-state index contributed by atoms with van der Waals surface area (Å²) in [6.07, 6.45) is 1.54. The number of hydrogen-bond donors (Lipinski definition) is 1. The molecule has 1 heterocycles. The van der Waals surface area contributed by atoms with Crippen LogP contribution in [0.4, 0.5) is 4.39 Å². The number of nitrogens with zero attached hydrogens (tertiary/aromatic N) is 1. The van der Waals surface area contributed by atoms with Gasteiger partial charge in [-0.15, -0.1) is 0 Å². The molecule has 4 heteroatoms. The first-order chi connectivity index (χ1) is 8.16. The number of rotatable bonds is 3. The number of amides is 1. The van der Waals surface area contributed by atoms with Gasteiger partial charge in [0.2, 0.25) is 11.9 Å².